The molecule has 0 N–H and O–H groups in total. The van der Waals surface area contributed by atoms with Gasteiger partial charge in [-0.05, 0) is 46.9 Å². The fourth-order valence-corrected chi connectivity index (χ4v) is 2.82. The maximum absolute atomic E-state index is 14.0. The summed E-state index contributed by atoms with van der Waals surface area (Å²) in [4.78, 5) is 4.39. The Balaban J connectivity index is 1.94. The van der Waals surface area contributed by atoms with Crippen molar-refractivity contribution in [3.63, 3.8) is 0 Å². The van der Waals surface area contributed by atoms with Crippen LogP contribution in [0.5, 0.6) is 0 Å². The first kappa shape index (κ1) is 14.7. The van der Waals surface area contributed by atoms with E-state index in [1.54, 1.807) is 12.3 Å². The fourth-order valence-electron chi connectivity index (χ4n) is 2.13. The minimum Gasteiger partial charge on any atom is -0.326 e. The number of halogens is 3. The predicted octanol–water partition coefficient (Wildman–Crippen LogP) is 5.10. The van der Waals surface area contributed by atoms with Gasteiger partial charge in [0.1, 0.15) is 11.6 Å². The molecule has 106 valence electrons. The van der Waals surface area contributed by atoms with Crippen molar-refractivity contribution in [1.82, 2.24) is 9.55 Å². The maximum Gasteiger partial charge on any atom is 0.140 e. The molecular formula is C16H11BrFIN2. The van der Waals surface area contributed by atoms with Crippen LogP contribution in [0.15, 0.2) is 59.3 Å². The summed E-state index contributed by atoms with van der Waals surface area (Å²) < 4.78 is 17.8. The van der Waals surface area contributed by atoms with Crippen LogP contribution in [-0.4, -0.2) is 9.55 Å². The Kier molecular flexibility index (Phi) is 4.40. The molecule has 1 heterocycles. The lowest BCUT2D eigenvalue weighted by molar-refractivity contribution is 0.599. The van der Waals surface area contributed by atoms with Gasteiger partial charge in [-0.1, -0.05) is 34.1 Å². The molecule has 0 saturated heterocycles. The van der Waals surface area contributed by atoms with E-state index in [2.05, 4.69) is 43.5 Å². The lowest BCUT2D eigenvalue weighted by atomic mass is 10.2. The molecule has 0 spiro atoms. The van der Waals surface area contributed by atoms with E-state index in [1.165, 1.54) is 9.64 Å². The number of hydrogen-bond donors (Lipinski definition) is 0. The second-order valence-corrected chi connectivity index (χ2v) is 6.78. The van der Waals surface area contributed by atoms with Crippen LogP contribution in [0.4, 0.5) is 4.39 Å². The Bertz CT molecular complexity index is 768. The van der Waals surface area contributed by atoms with E-state index in [-0.39, 0.29) is 5.82 Å². The molecular weight excluding hydrogens is 446 g/mol. The molecule has 0 atom stereocenters. The molecule has 2 aromatic carbocycles. The normalized spacial score (nSPS) is 10.8. The third-order valence-electron chi connectivity index (χ3n) is 3.17. The number of rotatable bonds is 3. The van der Waals surface area contributed by atoms with Crippen LogP contribution in [0.25, 0.3) is 11.4 Å². The quantitative estimate of drug-likeness (QED) is 0.501. The lowest BCUT2D eigenvalue weighted by Crippen LogP contribution is -2.03. The average Bonchev–Trinajstić information content (AvgIpc) is 2.91. The third-order valence-corrected chi connectivity index (χ3v) is 4.39. The summed E-state index contributed by atoms with van der Waals surface area (Å²) in [7, 11) is 0. The Morgan fingerprint density at radius 1 is 1.14 bits per heavy atom. The highest BCUT2D eigenvalue weighted by Gasteiger charge is 2.09. The van der Waals surface area contributed by atoms with Gasteiger partial charge >= 0.3 is 0 Å². The molecule has 5 heteroatoms. The van der Waals surface area contributed by atoms with E-state index in [9.17, 15) is 4.39 Å². The smallest absolute Gasteiger partial charge is 0.140 e. The molecule has 0 aliphatic carbocycles. The van der Waals surface area contributed by atoms with Crippen LogP contribution in [0.3, 0.4) is 0 Å². The van der Waals surface area contributed by atoms with E-state index in [0.717, 1.165) is 15.9 Å². The first-order chi connectivity index (χ1) is 10.1. The Morgan fingerprint density at radius 3 is 2.62 bits per heavy atom. The summed E-state index contributed by atoms with van der Waals surface area (Å²) in [6.07, 6.45) is 3.61. The molecule has 0 aliphatic heterocycles. The van der Waals surface area contributed by atoms with Crippen molar-refractivity contribution in [1.29, 1.82) is 0 Å². The zero-order chi connectivity index (χ0) is 14.8. The van der Waals surface area contributed by atoms with Gasteiger partial charge < -0.3 is 4.57 Å². The highest BCUT2D eigenvalue weighted by molar-refractivity contribution is 14.1. The van der Waals surface area contributed by atoms with E-state index in [1.807, 2.05) is 41.1 Å². The summed E-state index contributed by atoms with van der Waals surface area (Å²) in [5.41, 5.74) is 1.67. The summed E-state index contributed by atoms with van der Waals surface area (Å²) in [6, 6.07) is 13.2. The van der Waals surface area contributed by atoms with Gasteiger partial charge in [-0.25, -0.2) is 9.37 Å². The zero-order valence-electron chi connectivity index (χ0n) is 10.9. The molecule has 0 saturated carbocycles. The molecule has 3 aromatic rings. The number of imidazole rings is 1. The minimum atomic E-state index is -0.216. The third kappa shape index (κ3) is 3.35. The molecule has 0 unspecified atom stereocenters. The van der Waals surface area contributed by atoms with E-state index >= 15 is 0 Å². The number of hydrogen-bond acceptors (Lipinski definition) is 1. The fraction of sp³-hybridized carbons (Fsp3) is 0.0625. The van der Waals surface area contributed by atoms with Gasteiger partial charge in [0.05, 0.1) is 6.54 Å². The SMILES string of the molecule is Fc1cc(Br)ccc1Cn1ccnc1-c1ccc(I)cc1. The van der Waals surface area contributed by atoms with Gasteiger partial charge in [-0.2, -0.15) is 0 Å². The Labute approximate surface area is 144 Å². The van der Waals surface area contributed by atoms with Crippen molar-refractivity contribution in [2.45, 2.75) is 6.54 Å². The molecule has 0 aliphatic rings. The van der Waals surface area contributed by atoms with Gasteiger partial charge in [0, 0.05) is 31.6 Å². The summed E-state index contributed by atoms with van der Waals surface area (Å²) >= 11 is 5.54. The van der Waals surface area contributed by atoms with Gasteiger partial charge in [-0.3, -0.25) is 0 Å². The second kappa shape index (κ2) is 6.27. The van der Waals surface area contributed by atoms with Crippen molar-refractivity contribution in [3.05, 3.63) is 74.3 Å². The molecule has 3 rings (SSSR count). The first-order valence-electron chi connectivity index (χ1n) is 6.34. The largest absolute Gasteiger partial charge is 0.326 e. The summed E-state index contributed by atoms with van der Waals surface area (Å²) in [5, 5.41) is 0. The van der Waals surface area contributed by atoms with Gasteiger partial charge in [-0.15, -0.1) is 0 Å². The standard InChI is InChI=1S/C16H11BrFIN2/c17-13-4-1-12(15(18)9-13)10-21-8-7-20-16(21)11-2-5-14(19)6-3-11/h1-9H,10H2. The lowest BCUT2D eigenvalue weighted by Gasteiger charge is -2.09. The van der Waals surface area contributed by atoms with Crippen LogP contribution in [-0.2, 0) is 6.54 Å². The van der Waals surface area contributed by atoms with Gasteiger partial charge in [0.25, 0.3) is 0 Å². The van der Waals surface area contributed by atoms with E-state index in [4.69, 9.17) is 0 Å². The van der Waals surface area contributed by atoms with Crippen molar-refractivity contribution in [3.8, 4) is 11.4 Å². The van der Waals surface area contributed by atoms with E-state index in [0.29, 0.717) is 12.1 Å². The molecule has 0 bridgehead atoms. The van der Waals surface area contributed by atoms with E-state index < -0.39 is 0 Å². The number of benzene rings is 2. The van der Waals surface area contributed by atoms with Gasteiger partial charge in [0.2, 0.25) is 0 Å². The molecule has 1 aromatic heterocycles. The van der Waals surface area contributed by atoms with Crippen LogP contribution in [0, 0.1) is 9.39 Å². The monoisotopic (exact) mass is 456 g/mol. The van der Waals surface area contributed by atoms with Crippen molar-refractivity contribution >= 4 is 38.5 Å². The summed E-state index contributed by atoms with van der Waals surface area (Å²) in [5.74, 6) is 0.625. The molecule has 0 radical (unpaired) electrons. The minimum absolute atomic E-state index is 0.216. The van der Waals surface area contributed by atoms with Crippen molar-refractivity contribution in [2.75, 3.05) is 0 Å². The predicted molar refractivity (Wildman–Crippen MR) is 93.6 cm³/mol. The molecule has 2 nitrogen and oxygen atoms in total. The summed E-state index contributed by atoms with van der Waals surface area (Å²) in [6.45, 7) is 0.459. The molecule has 0 fully saturated rings. The Morgan fingerprint density at radius 2 is 1.90 bits per heavy atom. The van der Waals surface area contributed by atoms with Crippen LogP contribution >= 0.6 is 38.5 Å². The number of nitrogens with zero attached hydrogens (tertiary/aromatic N) is 2. The second-order valence-electron chi connectivity index (χ2n) is 4.62. The first-order valence-corrected chi connectivity index (χ1v) is 8.21. The number of aromatic nitrogens is 2. The van der Waals surface area contributed by atoms with Crippen molar-refractivity contribution in [2.24, 2.45) is 0 Å². The van der Waals surface area contributed by atoms with Crippen LogP contribution < -0.4 is 0 Å². The highest BCUT2D eigenvalue weighted by Crippen LogP contribution is 2.22. The zero-order valence-corrected chi connectivity index (χ0v) is 14.7. The van der Waals surface area contributed by atoms with Crippen molar-refractivity contribution < 1.29 is 4.39 Å². The average molecular weight is 457 g/mol. The maximum atomic E-state index is 14.0. The molecule has 21 heavy (non-hydrogen) atoms. The van der Waals surface area contributed by atoms with Crippen LogP contribution in [0.2, 0.25) is 0 Å². The molecule has 0 amide bonds. The van der Waals surface area contributed by atoms with Gasteiger partial charge in [0.15, 0.2) is 0 Å². The highest BCUT2D eigenvalue weighted by atomic mass is 127. The topological polar surface area (TPSA) is 17.8 Å². The Hall–Kier alpha value is -1.21. The van der Waals surface area contributed by atoms with Crippen LogP contribution in [0.1, 0.15) is 5.56 Å².